The molecular formula is C12H17NO. The van der Waals surface area contributed by atoms with Crippen LogP contribution in [0.15, 0.2) is 24.3 Å². The van der Waals surface area contributed by atoms with Crippen LogP contribution in [-0.2, 0) is 0 Å². The summed E-state index contributed by atoms with van der Waals surface area (Å²) in [4.78, 5) is 0. The molecule has 2 unspecified atom stereocenters. The third-order valence-corrected chi connectivity index (χ3v) is 3.17. The summed E-state index contributed by atoms with van der Waals surface area (Å²) in [7, 11) is 0. The van der Waals surface area contributed by atoms with E-state index in [4.69, 9.17) is 10.5 Å². The SMILES string of the molecule is CC1CCC1COc1ccccc1N. The number of rotatable bonds is 3. The van der Waals surface area contributed by atoms with E-state index in [-0.39, 0.29) is 0 Å². The summed E-state index contributed by atoms with van der Waals surface area (Å²) in [6, 6.07) is 7.68. The van der Waals surface area contributed by atoms with E-state index in [9.17, 15) is 0 Å². The summed E-state index contributed by atoms with van der Waals surface area (Å²) in [6.07, 6.45) is 2.65. The average Bonchev–Trinajstić information content (AvgIpc) is 2.19. The maximum atomic E-state index is 5.78. The number of nitrogen functional groups attached to an aromatic ring is 1. The Bertz CT molecular complexity index is 311. The van der Waals surface area contributed by atoms with Crippen molar-refractivity contribution in [2.75, 3.05) is 12.3 Å². The largest absolute Gasteiger partial charge is 0.491 e. The van der Waals surface area contributed by atoms with Crippen molar-refractivity contribution in [2.24, 2.45) is 11.8 Å². The summed E-state index contributed by atoms with van der Waals surface area (Å²) >= 11 is 0. The van der Waals surface area contributed by atoms with E-state index in [1.165, 1.54) is 12.8 Å². The minimum absolute atomic E-state index is 0.731. The molecule has 2 N–H and O–H groups in total. The van der Waals surface area contributed by atoms with Crippen LogP contribution in [0.1, 0.15) is 19.8 Å². The molecule has 1 aromatic carbocycles. The van der Waals surface area contributed by atoms with Gasteiger partial charge in [-0.2, -0.15) is 0 Å². The van der Waals surface area contributed by atoms with Gasteiger partial charge >= 0.3 is 0 Å². The molecule has 0 aliphatic heterocycles. The lowest BCUT2D eigenvalue weighted by Gasteiger charge is -2.33. The first kappa shape index (κ1) is 9.38. The number of hydrogen-bond donors (Lipinski definition) is 1. The molecule has 76 valence electrons. The van der Waals surface area contributed by atoms with Crippen LogP contribution < -0.4 is 10.5 Å². The van der Waals surface area contributed by atoms with E-state index in [0.29, 0.717) is 0 Å². The van der Waals surface area contributed by atoms with E-state index in [2.05, 4.69) is 6.92 Å². The van der Waals surface area contributed by atoms with Gasteiger partial charge < -0.3 is 10.5 Å². The summed E-state index contributed by atoms with van der Waals surface area (Å²) in [5.41, 5.74) is 6.51. The lowest BCUT2D eigenvalue weighted by atomic mass is 9.75. The maximum Gasteiger partial charge on any atom is 0.142 e. The second-order valence-electron chi connectivity index (χ2n) is 4.16. The highest BCUT2D eigenvalue weighted by Gasteiger charge is 2.27. The second kappa shape index (κ2) is 3.91. The number of nitrogens with two attached hydrogens (primary N) is 1. The minimum Gasteiger partial charge on any atom is -0.491 e. The fourth-order valence-electron chi connectivity index (χ4n) is 1.79. The predicted molar refractivity (Wildman–Crippen MR) is 58.2 cm³/mol. The van der Waals surface area contributed by atoms with Crippen LogP contribution in [0.4, 0.5) is 5.69 Å². The first-order valence-corrected chi connectivity index (χ1v) is 5.24. The predicted octanol–water partition coefficient (Wildman–Crippen LogP) is 2.69. The molecule has 0 amide bonds. The molecule has 1 aliphatic rings. The van der Waals surface area contributed by atoms with E-state index in [1.54, 1.807) is 0 Å². The van der Waals surface area contributed by atoms with Crippen LogP contribution >= 0.6 is 0 Å². The third-order valence-electron chi connectivity index (χ3n) is 3.17. The molecule has 2 nitrogen and oxygen atoms in total. The first-order valence-electron chi connectivity index (χ1n) is 5.24. The smallest absolute Gasteiger partial charge is 0.142 e. The van der Waals surface area contributed by atoms with Crippen LogP contribution in [0.2, 0.25) is 0 Å². The van der Waals surface area contributed by atoms with E-state index >= 15 is 0 Å². The Kier molecular flexibility index (Phi) is 2.62. The number of para-hydroxylation sites is 2. The van der Waals surface area contributed by atoms with Gasteiger partial charge in [-0.3, -0.25) is 0 Å². The first-order chi connectivity index (χ1) is 6.77. The molecule has 14 heavy (non-hydrogen) atoms. The summed E-state index contributed by atoms with van der Waals surface area (Å²) in [5.74, 6) is 2.38. The lowest BCUT2D eigenvalue weighted by Crippen LogP contribution is -2.28. The van der Waals surface area contributed by atoms with Crippen molar-refractivity contribution in [2.45, 2.75) is 19.8 Å². The van der Waals surface area contributed by atoms with Crippen LogP contribution in [-0.4, -0.2) is 6.61 Å². The monoisotopic (exact) mass is 191 g/mol. The summed E-state index contributed by atoms with van der Waals surface area (Å²) < 4.78 is 5.69. The average molecular weight is 191 g/mol. The van der Waals surface area contributed by atoms with Crippen molar-refractivity contribution in [3.05, 3.63) is 24.3 Å². The quantitative estimate of drug-likeness (QED) is 0.745. The van der Waals surface area contributed by atoms with Crippen molar-refractivity contribution in [1.29, 1.82) is 0 Å². The summed E-state index contributed by atoms with van der Waals surface area (Å²) in [5, 5.41) is 0. The Morgan fingerprint density at radius 3 is 2.71 bits per heavy atom. The van der Waals surface area contributed by atoms with E-state index in [0.717, 1.165) is 29.9 Å². The minimum atomic E-state index is 0.731. The zero-order valence-corrected chi connectivity index (χ0v) is 8.57. The highest BCUT2D eigenvalue weighted by atomic mass is 16.5. The lowest BCUT2D eigenvalue weighted by molar-refractivity contribution is 0.117. The molecule has 2 heteroatoms. The van der Waals surface area contributed by atoms with Crippen LogP contribution in [0.25, 0.3) is 0 Å². The molecule has 0 saturated heterocycles. The molecule has 1 fully saturated rings. The van der Waals surface area contributed by atoms with Gasteiger partial charge in [0.2, 0.25) is 0 Å². The van der Waals surface area contributed by atoms with Gasteiger partial charge in [0.25, 0.3) is 0 Å². The van der Waals surface area contributed by atoms with Crippen molar-refractivity contribution in [3.8, 4) is 5.75 Å². The van der Waals surface area contributed by atoms with Gasteiger partial charge in [0.1, 0.15) is 5.75 Å². The Hall–Kier alpha value is -1.18. The summed E-state index contributed by atoms with van der Waals surface area (Å²) in [6.45, 7) is 3.10. The standard InChI is InChI=1S/C12H17NO/c1-9-6-7-10(9)8-14-12-5-3-2-4-11(12)13/h2-5,9-10H,6-8,13H2,1H3. The van der Waals surface area contributed by atoms with Crippen molar-refractivity contribution in [1.82, 2.24) is 0 Å². The van der Waals surface area contributed by atoms with Gasteiger partial charge in [-0.25, -0.2) is 0 Å². The van der Waals surface area contributed by atoms with Gasteiger partial charge in [0.05, 0.1) is 12.3 Å². The molecule has 0 heterocycles. The van der Waals surface area contributed by atoms with E-state index in [1.807, 2.05) is 24.3 Å². The van der Waals surface area contributed by atoms with Crippen LogP contribution in [0.3, 0.4) is 0 Å². The highest BCUT2D eigenvalue weighted by Crippen LogP contribution is 2.34. The molecule has 0 spiro atoms. The fourth-order valence-corrected chi connectivity index (χ4v) is 1.79. The number of benzene rings is 1. The Labute approximate surface area is 85.1 Å². The molecule has 0 radical (unpaired) electrons. The molecule has 2 rings (SSSR count). The molecule has 2 atom stereocenters. The highest BCUT2D eigenvalue weighted by molar-refractivity contribution is 5.51. The van der Waals surface area contributed by atoms with Crippen molar-refractivity contribution < 1.29 is 4.74 Å². The third kappa shape index (κ3) is 1.84. The fraction of sp³-hybridized carbons (Fsp3) is 0.500. The van der Waals surface area contributed by atoms with E-state index < -0.39 is 0 Å². The number of hydrogen-bond acceptors (Lipinski definition) is 2. The van der Waals surface area contributed by atoms with Crippen molar-refractivity contribution >= 4 is 5.69 Å². The molecular weight excluding hydrogens is 174 g/mol. The normalized spacial score (nSPS) is 25.5. The van der Waals surface area contributed by atoms with Gasteiger partial charge in [0, 0.05) is 0 Å². The molecule has 1 aromatic rings. The maximum absolute atomic E-state index is 5.78. The van der Waals surface area contributed by atoms with Crippen molar-refractivity contribution in [3.63, 3.8) is 0 Å². The van der Waals surface area contributed by atoms with Crippen LogP contribution in [0, 0.1) is 11.8 Å². The Balaban J connectivity index is 1.88. The zero-order chi connectivity index (χ0) is 9.97. The molecule has 0 bridgehead atoms. The zero-order valence-electron chi connectivity index (χ0n) is 8.57. The number of ether oxygens (including phenoxy) is 1. The van der Waals surface area contributed by atoms with Gasteiger partial charge in [-0.1, -0.05) is 19.1 Å². The molecule has 0 aromatic heterocycles. The van der Waals surface area contributed by atoms with Crippen LogP contribution in [0.5, 0.6) is 5.75 Å². The van der Waals surface area contributed by atoms with Gasteiger partial charge in [-0.15, -0.1) is 0 Å². The van der Waals surface area contributed by atoms with Gasteiger partial charge in [-0.05, 0) is 36.8 Å². The second-order valence-corrected chi connectivity index (χ2v) is 4.16. The number of anilines is 1. The molecule has 1 saturated carbocycles. The van der Waals surface area contributed by atoms with Gasteiger partial charge in [0.15, 0.2) is 0 Å². The Morgan fingerprint density at radius 2 is 2.14 bits per heavy atom. The molecule has 1 aliphatic carbocycles. The Morgan fingerprint density at radius 1 is 1.36 bits per heavy atom. The topological polar surface area (TPSA) is 35.2 Å².